The number of anilines is 1. The second-order valence-electron chi connectivity index (χ2n) is 8.12. The molecule has 0 unspecified atom stereocenters. The Morgan fingerprint density at radius 1 is 1.26 bits per heavy atom. The van der Waals surface area contributed by atoms with Crippen molar-refractivity contribution in [2.24, 2.45) is 0 Å². The molecule has 9 nitrogen and oxygen atoms in total. The third-order valence-corrected chi connectivity index (χ3v) is 7.77. The van der Waals surface area contributed by atoms with Crippen LogP contribution in [0, 0.1) is 6.92 Å². The molecule has 0 saturated carbocycles. The number of benzene rings is 1. The first-order valence-corrected chi connectivity index (χ1v) is 13.0. The van der Waals surface area contributed by atoms with Crippen molar-refractivity contribution in [2.45, 2.75) is 38.3 Å². The van der Waals surface area contributed by atoms with Crippen LogP contribution in [0.3, 0.4) is 0 Å². The van der Waals surface area contributed by atoms with Crippen molar-refractivity contribution in [2.75, 3.05) is 17.7 Å². The number of amides is 1. The first-order valence-electron chi connectivity index (χ1n) is 11.2. The average molecular weight is 510 g/mol. The maximum absolute atomic E-state index is 12.7. The molecule has 0 radical (unpaired) electrons. The van der Waals surface area contributed by atoms with Crippen molar-refractivity contribution in [1.29, 1.82) is 0 Å². The first-order chi connectivity index (χ1) is 16.9. The van der Waals surface area contributed by atoms with Crippen LogP contribution in [0.4, 0.5) is 5.00 Å². The number of aryl methyl sites for hydroxylation is 2. The number of fused-ring (bicyclic) bond motifs is 2. The van der Waals surface area contributed by atoms with Crippen LogP contribution in [-0.4, -0.2) is 44.0 Å². The number of esters is 1. The number of carbonyl (C=O) groups excluding carboxylic acids is 2. The lowest BCUT2D eigenvalue weighted by Gasteiger charge is -2.08. The highest BCUT2D eigenvalue weighted by molar-refractivity contribution is 7.99. The van der Waals surface area contributed by atoms with E-state index in [0.29, 0.717) is 26.8 Å². The fourth-order valence-electron chi connectivity index (χ4n) is 4.05. The van der Waals surface area contributed by atoms with Gasteiger partial charge in [-0.1, -0.05) is 29.5 Å². The van der Waals surface area contributed by atoms with Gasteiger partial charge in [0.15, 0.2) is 10.8 Å². The summed E-state index contributed by atoms with van der Waals surface area (Å²) in [6, 6.07) is 7.73. The van der Waals surface area contributed by atoms with Gasteiger partial charge in [-0.2, -0.15) is 5.10 Å². The zero-order chi connectivity index (χ0) is 24.5. The SMILES string of the molecule is CCOC(=O)c1c(NC(=O)CSc2nc3c(cnn3-c3ccc(C)cc3)c(=O)[nH]2)sc2c1CCC2. The lowest BCUT2D eigenvalue weighted by atomic mass is 10.1. The molecule has 0 aliphatic heterocycles. The van der Waals surface area contributed by atoms with Crippen molar-refractivity contribution in [3.05, 3.63) is 62.4 Å². The third kappa shape index (κ3) is 4.61. The highest BCUT2D eigenvalue weighted by Crippen LogP contribution is 2.39. The number of nitrogens with zero attached hydrogens (tertiary/aromatic N) is 3. The summed E-state index contributed by atoms with van der Waals surface area (Å²) < 4.78 is 6.82. The molecule has 0 spiro atoms. The van der Waals surface area contributed by atoms with Crippen LogP contribution in [0.5, 0.6) is 0 Å². The highest BCUT2D eigenvalue weighted by Gasteiger charge is 2.28. The summed E-state index contributed by atoms with van der Waals surface area (Å²) in [6.07, 6.45) is 4.19. The van der Waals surface area contributed by atoms with Crippen molar-refractivity contribution in [1.82, 2.24) is 19.7 Å². The number of ether oxygens (including phenoxy) is 1. The summed E-state index contributed by atoms with van der Waals surface area (Å²) in [5.74, 6) is -0.691. The normalized spacial score (nSPS) is 12.6. The van der Waals surface area contributed by atoms with Gasteiger partial charge in [-0.25, -0.2) is 14.5 Å². The third-order valence-electron chi connectivity index (χ3n) is 5.69. The molecule has 1 aliphatic rings. The van der Waals surface area contributed by atoms with Crippen molar-refractivity contribution < 1.29 is 14.3 Å². The van der Waals surface area contributed by atoms with Crippen molar-refractivity contribution >= 4 is 51.0 Å². The molecule has 0 saturated heterocycles. The number of hydrogen-bond acceptors (Lipinski definition) is 8. The predicted octanol–water partition coefficient (Wildman–Crippen LogP) is 3.87. The van der Waals surface area contributed by atoms with Crippen molar-refractivity contribution in [3.8, 4) is 5.69 Å². The number of H-pyrrole nitrogens is 1. The molecular formula is C24H23N5O4S2. The molecule has 3 heterocycles. The Morgan fingerprint density at radius 3 is 2.83 bits per heavy atom. The second-order valence-corrected chi connectivity index (χ2v) is 10.2. The van der Waals surface area contributed by atoms with Gasteiger partial charge in [0, 0.05) is 4.88 Å². The molecule has 180 valence electrons. The van der Waals surface area contributed by atoms with Crippen LogP contribution in [-0.2, 0) is 22.4 Å². The van der Waals surface area contributed by atoms with E-state index in [1.807, 2.05) is 31.2 Å². The van der Waals surface area contributed by atoms with E-state index in [2.05, 4.69) is 20.4 Å². The molecule has 3 aromatic heterocycles. The average Bonchev–Trinajstić information content (AvgIpc) is 3.53. The smallest absolute Gasteiger partial charge is 0.341 e. The maximum atomic E-state index is 12.7. The van der Waals surface area contributed by atoms with E-state index in [4.69, 9.17) is 4.74 Å². The van der Waals surface area contributed by atoms with Crippen LogP contribution < -0.4 is 10.9 Å². The number of carbonyl (C=O) groups is 2. The van der Waals surface area contributed by atoms with E-state index >= 15 is 0 Å². The standard InChI is InChI=1S/C24H23N5O4S2/c1-3-33-23(32)19-15-5-4-6-17(15)35-22(19)26-18(30)12-34-24-27-20-16(21(31)28-24)11-25-29(20)14-9-7-13(2)8-10-14/h7-11H,3-6,12H2,1-2H3,(H,26,30)(H,27,28,31). The molecule has 0 atom stereocenters. The van der Waals surface area contributed by atoms with Crippen LogP contribution in [0.15, 0.2) is 40.4 Å². The highest BCUT2D eigenvalue weighted by atomic mass is 32.2. The molecule has 0 bridgehead atoms. The van der Waals surface area contributed by atoms with Gasteiger partial charge in [0.2, 0.25) is 5.91 Å². The molecule has 1 aliphatic carbocycles. The fourth-order valence-corrected chi connectivity index (χ4v) is 6.00. The van der Waals surface area contributed by atoms with Gasteiger partial charge in [0.1, 0.15) is 10.4 Å². The van der Waals surface area contributed by atoms with Gasteiger partial charge in [-0.05, 0) is 50.8 Å². The van der Waals surface area contributed by atoms with Crippen LogP contribution in [0.1, 0.15) is 39.7 Å². The first kappa shape index (κ1) is 23.3. The Labute approximate surface area is 208 Å². The van der Waals surface area contributed by atoms with Crippen LogP contribution in [0.25, 0.3) is 16.7 Å². The van der Waals surface area contributed by atoms with Crippen LogP contribution >= 0.6 is 23.1 Å². The molecule has 11 heteroatoms. The lowest BCUT2D eigenvalue weighted by molar-refractivity contribution is -0.113. The largest absolute Gasteiger partial charge is 0.462 e. The van der Waals surface area contributed by atoms with Gasteiger partial charge in [-0.3, -0.25) is 9.59 Å². The van der Waals surface area contributed by atoms with Gasteiger partial charge < -0.3 is 15.0 Å². The summed E-state index contributed by atoms with van der Waals surface area (Å²) >= 11 is 2.54. The molecule has 1 amide bonds. The van der Waals surface area contributed by atoms with E-state index in [9.17, 15) is 14.4 Å². The number of hydrogen-bond donors (Lipinski definition) is 2. The Bertz CT molecular complexity index is 1490. The molecule has 2 N–H and O–H groups in total. The number of thiophene rings is 1. The van der Waals surface area contributed by atoms with E-state index in [1.165, 1.54) is 17.5 Å². The van der Waals surface area contributed by atoms with E-state index in [0.717, 1.165) is 52.7 Å². The van der Waals surface area contributed by atoms with E-state index < -0.39 is 5.97 Å². The maximum Gasteiger partial charge on any atom is 0.341 e. The van der Waals surface area contributed by atoms with Gasteiger partial charge in [0.05, 0.1) is 29.8 Å². The zero-order valence-corrected chi connectivity index (χ0v) is 20.8. The monoisotopic (exact) mass is 509 g/mol. The summed E-state index contributed by atoms with van der Waals surface area (Å²) in [5, 5.41) is 8.38. The molecule has 4 aromatic rings. The second kappa shape index (κ2) is 9.67. The summed E-state index contributed by atoms with van der Waals surface area (Å²) in [7, 11) is 0. The van der Waals surface area contributed by atoms with Crippen molar-refractivity contribution in [3.63, 3.8) is 0 Å². The molecule has 35 heavy (non-hydrogen) atoms. The Hall–Kier alpha value is -3.44. The molecule has 0 fully saturated rings. The summed E-state index contributed by atoms with van der Waals surface area (Å²) in [4.78, 5) is 46.2. The van der Waals surface area contributed by atoms with Gasteiger partial charge in [0.25, 0.3) is 5.56 Å². The van der Waals surface area contributed by atoms with Gasteiger partial charge >= 0.3 is 5.97 Å². The van der Waals surface area contributed by atoms with Gasteiger partial charge in [-0.15, -0.1) is 11.3 Å². The van der Waals surface area contributed by atoms with Crippen LogP contribution in [0.2, 0.25) is 0 Å². The quantitative estimate of drug-likeness (QED) is 0.220. The summed E-state index contributed by atoms with van der Waals surface area (Å²) in [6.45, 7) is 4.02. The topological polar surface area (TPSA) is 119 Å². The number of thioether (sulfide) groups is 1. The number of aromatic nitrogens is 4. The predicted molar refractivity (Wildman–Crippen MR) is 136 cm³/mol. The molecule has 5 rings (SSSR count). The number of rotatable bonds is 7. The zero-order valence-electron chi connectivity index (χ0n) is 19.2. The van der Waals surface area contributed by atoms with E-state index in [-0.39, 0.29) is 23.8 Å². The summed E-state index contributed by atoms with van der Waals surface area (Å²) in [5.41, 5.74) is 3.44. The van der Waals surface area contributed by atoms with E-state index in [1.54, 1.807) is 11.6 Å². The lowest BCUT2D eigenvalue weighted by Crippen LogP contribution is -2.17. The Balaban J connectivity index is 1.34. The number of nitrogens with one attached hydrogen (secondary N) is 2. The Morgan fingerprint density at radius 2 is 2.06 bits per heavy atom. The number of aromatic amines is 1. The minimum absolute atomic E-state index is 0.0119. The Kier molecular flexibility index (Phi) is 6.44. The minimum Gasteiger partial charge on any atom is -0.462 e. The molecular weight excluding hydrogens is 486 g/mol. The minimum atomic E-state index is -0.407. The fraction of sp³-hybridized carbons (Fsp3) is 0.292. The molecule has 1 aromatic carbocycles.